The molecule has 0 aromatic heterocycles. The van der Waals surface area contributed by atoms with E-state index in [9.17, 15) is 8.78 Å². The molecule has 4 heteroatoms. The van der Waals surface area contributed by atoms with Gasteiger partial charge in [0.2, 0.25) is 0 Å². The first-order valence-electron chi connectivity index (χ1n) is 4.62. The molecule has 15 heavy (non-hydrogen) atoms. The first-order valence-corrected chi connectivity index (χ1v) is 7.23. The molecule has 1 nitrogen and oxygen atoms in total. The molecule has 0 N–H and O–H groups in total. The fourth-order valence-electron chi connectivity index (χ4n) is 1.21. The zero-order chi connectivity index (χ0) is 11.3. The second-order valence-electron chi connectivity index (χ2n) is 3.08. The van der Waals surface area contributed by atoms with E-state index in [-0.39, 0.29) is 5.75 Å². The highest BCUT2D eigenvalue weighted by Gasteiger charge is 2.27. The fraction of sp³-hybridized carbons (Fsp3) is 0.364. The predicted octanol–water partition coefficient (Wildman–Crippen LogP) is 3.97. The van der Waals surface area contributed by atoms with Crippen LogP contribution in [-0.4, -0.2) is 8.63 Å². The lowest BCUT2D eigenvalue weighted by molar-refractivity contribution is -0.0693. The third kappa shape index (κ3) is 4.24. The van der Waals surface area contributed by atoms with Gasteiger partial charge in [-0.15, -0.1) is 0 Å². The number of benzene rings is 1. The largest absolute Gasteiger partial charge is 0.445 e. The summed E-state index contributed by atoms with van der Waals surface area (Å²) in [7, 11) is 0. The van der Waals surface area contributed by atoms with Crippen LogP contribution in [0.2, 0.25) is 0 Å². The molecule has 1 rings (SSSR count). The van der Waals surface area contributed by atoms with Crippen molar-refractivity contribution in [3.63, 3.8) is 0 Å². The van der Waals surface area contributed by atoms with Crippen molar-refractivity contribution in [2.24, 2.45) is 0 Å². The number of halogens is 3. The average Bonchev–Trinajstić information content (AvgIpc) is 2.18. The molecule has 84 valence electrons. The van der Waals surface area contributed by atoms with Gasteiger partial charge in [-0.1, -0.05) is 30.0 Å². The maximum absolute atomic E-state index is 12.9. The third-order valence-corrected chi connectivity index (χ3v) is 2.93. The molecule has 0 saturated carbocycles. The van der Waals surface area contributed by atoms with Gasteiger partial charge in [-0.05, 0) is 24.1 Å². The number of aryl methyl sites for hydroxylation is 1. The summed E-state index contributed by atoms with van der Waals surface area (Å²) in [6.45, 7) is 2.05. The van der Waals surface area contributed by atoms with Crippen LogP contribution in [0.15, 0.2) is 24.3 Å². The van der Waals surface area contributed by atoms with Gasteiger partial charge in [-0.3, -0.25) is 0 Å². The van der Waals surface area contributed by atoms with E-state index in [0.717, 1.165) is 18.4 Å². The molecule has 0 aliphatic heterocycles. The molecule has 0 spiro atoms. The van der Waals surface area contributed by atoms with E-state index < -0.39 is 24.8 Å². The van der Waals surface area contributed by atoms with Gasteiger partial charge in [0.25, 0.3) is 0 Å². The number of ether oxygens (including phenoxy) is 1. The van der Waals surface area contributed by atoms with Crippen LogP contribution in [0.4, 0.5) is 8.78 Å². The first-order chi connectivity index (χ1) is 7.07. The molecule has 0 aliphatic carbocycles. The Balaban J connectivity index is 2.77. The van der Waals surface area contributed by atoms with Gasteiger partial charge in [0.05, 0.1) is 0 Å². The van der Waals surface area contributed by atoms with E-state index >= 15 is 0 Å². The lowest BCUT2D eigenvalue weighted by Gasteiger charge is -2.13. The number of hydrogen-bond donors (Lipinski definition) is 0. The van der Waals surface area contributed by atoms with Crippen LogP contribution in [0.3, 0.4) is 0 Å². The van der Waals surface area contributed by atoms with Crippen LogP contribution < -0.4 is 4.74 Å². The topological polar surface area (TPSA) is 9.23 Å². The minimum absolute atomic E-state index is 0.231. The van der Waals surface area contributed by atoms with Gasteiger partial charge in [0.1, 0.15) is 5.75 Å². The molecule has 0 saturated heterocycles. The van der Waals surface area contributed by atoms with Crippen molar-refractivity contribution >= 4 is 25.2 Å². The highest BCUT2D eigenvalue weighted by molar-refractivity contribution is 14.2. The first kappa shape index (κ1) is 12.5. The van der Waals surface area contributed by atoms with E-state index in [1.54, 1.807) is 18.2 Å². The minimum atomic E-state index is -3.07. The van der Waals surface area contributed by atoms with Crippen LogP contribution in [0.25, 0.3) is 0 Å². The van der Waals surface area contributed by atoms with Gasteiger partial charge in [-0.2, -0.15) is 8.78 Å². The maximum Gasteiger partial charge on any atom is 0.445 e. The SMILES string of the molecule is C=IC(F)(F)Oc1cccc(CCC)c1. The minimum Gasteiger partial charge on any atom is -0.425 e. The molecule has 0 fully saturated rings. The molecular weight excluding hydrogens is 313 g/mol. The Bertz CT molecular complexity index is 339. The second kappa shape index (κ2) is 5.53. The normalized spacial score (nSPS) is 11.4. The molecule has 0 atom stereocenters. The van der Waals surface area contributed by atoms with Gasteiger partial charge in [0.15, 0.2) is 0 Å². The third-order valence-electron chi connectivity index (χ3n) is 1.83. The second-order valence-corrected chi connectivity index (χ2v) is 5.10. The van der Waals surface area contributed by atoms with Crippen LogP contribution in [0, 0.1) is 0 Å². The Morgan fingerprint density at radius 2 is 2.20 bits per heavy atom. The zero-order valence-corrected chi connectivity index (χ0v) is 10.6. The Morgan fingerprint density at radius 3 is 2.80 bits per heavy atom. The zero-order valence-electron chi connectivity index (χ0n) is 8.47. The molecule has 0 radical (unpaired) electrons. The summed E-state index contributed by atoms with van der Waals surface area (Å²) in [5.41, 5.74) is 1.02. The van der Waals surface area contributed by atoms with Crippen molar-refractivity contribution in [1.82, 2.24) is 0 Å². The Morgan fingerprint density at radius 1 is 1.47 bits per heavy atom. The Labute approximate surface area is 98.2 Å². The van der Waals surface area contributed by atoms with Gasteiger partial charge >= 0.3 is 4.12 Å². The van der Waals surface area contributed by atoms with Crippen LogP contribution in [-0.2, 0) is 6.42 Å². The van der Waals surface area contributed by atoms with E-state index in [1.807, 2.05) is 13.0 Å². The van der Waals surface area contributed by atoms with Crippen molar-refractivity contribution < 1.29 is 13.5 Å². The summed E-state index contributed by atoms with van der Waals surface area (Å²) in [4.78, 5) is 0. The van der Waals surface area contributed by atoms with Gasteiger partial charge < -0.3 is 4.74 Å². The Hall–Kier alpha value is -0.520. The highest BCUT2D eigenvalue weighted by Crippen LogP contribution is 2.31. The summed E-state index contributed by atoms with van der Waals surface area (Å²) in [6, 6.07) is 6.86. The van der Waals surface area contributed by atoms with Crippen LogP contribution in [0.1, 0.15) is 18.9 Å². The molecule has 1 aromatic rings. The summed E-state index contributed by atoms with van der Waals surface area (Å²) >= 11 is -1.49. The smallest absolute Gasteiger partial charge is 0.425 e. The Kier molecular flexibility index (Phi) is 4.63. The summed E-state index contributed by atoms with van der Waals surface area (Å²) in [6.07, 6.45) is 1.87. The van der Waals surface area contributed by atoms with Crippen molar-refractivity contribution in [2.75, 3.05) is 0 Å². The lowest BCUT2D eigenvalue weighted by Crippen LogP contribution is -2.15. The van der Waals surface area contributed by atoms with E-state index in [4.69, 9.17) is 0 Å². The number of hydrogen-bond acceptors (Lipinski definition) is 1. The van der Waals surface area contributed by atoms with Crippen molar-refractivity contribution in [2.45, 2.75) is 23.9 Å². The molecule has 1 aromatic carbocycles. The van der Waals surface area contributed by atoms with Gasteiger partial charge in [-0.25, -0.2) is 0 Å². The molecule has 0 aliphatic rings. The molecule has 0 heterocycles. The quantitative estimate of drug-likeness (QED) is 0.588. The predicted molar refractivity (Wildman–Crippen MR) is 67.2 cm³/mol. The summed E-state index contributed by atoms with van der Waals surface area (Å²) in [5.74, 6) is 0.231. The standard InChI is InChI=1S/C11H13F2IO/c1-3-5-9-6-4-7-10(8-9)15-11(12,13)14-2/h4,6-8H,2-3,5H2,1H3. The molecular formula is C11H13F2IO. The average molecular weight is 326 g/mol. The molecule has 0 bridgehead atoms. The van der Waals surface area contributed by atoms with E-state index in [0.29, 0.717) is 0 Å². The number of alkyl halides is 3. The van der Waals surface area contributed by atoms with E-state index in [1.165, 1.54) is 0 Å². The highest BCUT2D eigenvalue weighted by atomic mass is 127. The number of rotatable bonds is 5. The van der Waals surface area contributed by atoms with Crippen LogP contribution >= 0.6 is 20.7 Å². The van der Waals surface area contributed by atoms with Crippen molar-refractivity contribution in [1.29, 1.82) is 0 Å². The summed E-state index contributed by atoms with van der Waals surface area (Å²) in [5, 5.41) is 0. The molecule has 0 amide bonds. The van der Waals surface area contributed by atoms with E-state index in [2.05, 4.69) is 9.25 Å². The maximum atomic E-state index is 12.9. The molecule has 0 unspecified atom stereocenters. The van der Waals surface area contributed by atoms with Crippen LogP contribution in [0.5, 0.6) is 5.75 Å². The fourth-order valence-corrected chi connectivity index (χ4v) is 1.62. The lowest BCUT2D eigenvalue weighted by atomic mass is 10.1. The summed E-state index contributed by atoms with van der Waals surface area (Å²) < 4.78 is 30.6. The monoisotopic (exact) mass is 326 g/mol. The van der Waals surface area contributed by atoms with Crippen molar-refractivity contribution in [3.8, 4) is 5.75 Å². The van der Waals surface area contributed by atoms with Gasteiger partial charge in [0, 0.05) is 20.7 Å². The van der Waals surface area contributed by atoms with Crippen molar-refractivity contribution in [3.05, 3.63) is 29.8 Å².